The lowest BCUT2D eigenvalue weighted by Crippen LogP contribution is -2.25. The van der Waals surface area contributed by atoms with E-state index in [2.05, 4.69) is 10.1 Å². The van der Waals surface area contributed by atoms with E-state index in [1.807, 2.05) is 13.8 Å². The van der Waals surface area contributed by atoms with Gasteiger partial charge in [-0.2, -0.15) is 0 Å². The highest BCUT2D eigenvalue weighted by Crippen LogP contribution is 2.26. The van der Waals surface area contributed by atoms with E-state index in [0.717, 1.165) is 16.9 Å². The molecule has 1 rings (SSSR count). The summed E-state index contributed by atoms with van der Waals surface area (Å²) in [5.74, 6) is -0.895. The zero-order valence-corrected chi connectivity index (χ0v) is 11.0. The van der Waals surface area contributed by atoms with E-state index < -0.39 is 11.9 Å². The molecule has 0 heterocycles. The number of rotatable bonds is 3. The first kappa shape index (κ1) is 14.0. The van der Waals surface area contributed by atoms with Crippen LogP contribution in [0.5, 0.6) is 5.75 Å². The van der Waals surface area contributed by atoms with Gasteiger partial charge in [0, 0.05) is 5.69 Å². The lowest BCUT2D eigenvalue weighted by atomic mass is 10.1. The summed E-state index contributed by atoms with van der Waals surface area (Å²) in [6, 6.07) is 3.48. The first-order chi connectivity index (χ1) is 8.49. The maximum Gasteiger partial charge on any atom is 0.397 e. The van der Waals surface area contributed by atoms with Gasteiger partial charge in [-0.3, -0.25) is 4.79 Å². The van der Waals surface area contributed by atoms with Crippen molar-refractivity contribution in [1.82, 2.24) is 0 Å². The summed E-state index contributed by atoms with van der Waals surface area (Å²) in [6.07, 6.45) is 0. The first-order valence-electron chi connectivity index (χ1n) is 5.63. The lowest BCUT2D eigenvalue weighted by Gasteiger charge is -2.11. The minimum Gasteiger partial charge on any atom is -0.496 e. The van der Waals surface area contributed by atoms with Crippen LogP contribution in [0.15, 0.2) is 12.1 Å². The van der Waals surface area contributed by atoms with Gasteiger partial charge in [-0.25, -0.2) is 4.79 Å². The monoisotopic (exact) mass is 251 g/mol. The molecule has 0 aliphatic heterocycles. The molecule has 0 aliphatic rings. The van der Waals surface area contributed by atoms with E-state index in [0.29, 0.717) is 5.69 Å². The summed E-state index contributed by atoms with van der Waals surface area (Å²) in [4.78, 5) is 22.6. The number of carbonyl (C=O) groups excluding carboxylic acids is 2. The predicted octanol–water partition coefficient (Wildman–Crippen LogP) is 1.81. The third-order valence-corrected chi connectivity index (χ3v) is 2.38. The molecule has 5 nitrogen and oxygen atoms in total. The summed E-state index contributed by atoms with van der Waals surface area (Å²) < 4.78 is 9.82. The molecule has 0 fully saturated rings. The van der Waals surface area contributed by atoms with Crippen molar-refractivity contribution in [1.29, 1.82) is 0 Å². The number of esters is 1. The third-order valence-electron chi connectivity index (χ3n) is 2.38. The number of ether oxygens (including phenoxy) is 2. The summed E-state index contributed by atoms with van der Waals surface area (Å²) in [5, 5.41) is 2.49. The highest BCUT2D eigenvalue weighted by molar-refractivity contribution is 6.37. The molecule has 5 heteroatoms. The number of benzene rings is 1. The zero-order valence-electron chi connectivity index (χ0n) is 11.0. The molecule has 1 amide bonds. The largest absolute Gasteiger partial charge is 0.496 e. The summed E-state index contributed by atoms with van der Waals surface area (Å²) in [6.45, 7) is 5.55. The van der Waals surface area contributed by atoms with Gasteiger partial charge < -0.3 is 14.8 Å². The minimum absolute atomic E-state index is 0.174. The van der Waals surface area contributed by atoms with Gasteiger partial charge >= 0.3 is 11.9 Å². The second kappa shape index (κ2) is 6.05. The Labute approximate surface area is 106 Å². The number of hydrogen-bond donors (Lipinski definition) is 1. The lowest BCUT2D eigenvalue weighted by molar-refractivity contribution is -0.152. The number of nitrogens with one attached hydrogen (secondary N) is 1. The molecule has 0 saturated carbocycles. The molecular weight excluding hydrogens is 234 g/mol. The molecule has 0 aromatic heterocycles. The van der Waals surface area contributed by atoms with Crippen molar-refractivity contribution < 1.29 is 19.1 Å². The van der Waals surface area contributed by atoms with E-state index in [4.69, 9.17) is 4.74 Å². The van der Waals surface area contributed by atoms with Gasteiger partial charge in [-0.15, -0.1) is 0 Å². The van der Waals surface area contributed by atoms with Crippen molar-refractivity contribution in [3.05, 3.63) is 23.3 Å². The highest BCUT2D eigenvalue weighted by atomic mass is 16.5. The van der Waals surface area contributed by atoms with E-state index in [1.54, 1.807) is 26.2 Å². The fraction of sp³-hybridized carbons (Fsp3) is 0.385. The van der Waals surface area contributed by atoms with Crippen LogP contribution in [0, 0.1) is 13.8 Å². The van der Waals surface area contributed by atoms with Crippen LogP contribution in [-0.2, 0) is 14.3 Å². The Morgan fingerprint density at radius 3 is 2.22 bits per heavy atom. The van der Waals surface area contributed by atoms with Crippen LogP contribution < -0.4 is 10.1 Å². The van der Waals surface area contributed by atoms with Crippen molar-refractivity contribution in [2.45, 2.75) is 20.8 Å². The Hall–Kier alpha value is -2.04. The number of carbonyl (C=O) groups is 2. The van der Waals surface area contributed by atoms with Crippen LogP contribution in [0.4, 0.5) is 5.69 Å². The molecule has 18 heavy (non-hydrogen) atoms. The van der Waals surface area contributed by atoms with Crippen LogP contribution in [0.1, 0.15) is 18.1 Å². The van der Waals surface area contributed by atoms with Gasteiger partial charge in [-0.05, 0) is 44.0 Å². The quantitative estimate of drug-likeness (QED) is 0.657. The molecule has 98 valence electrons. The van der Waals surface area contributed by atoms with E-state index in [-0.39, 0.29) is 6.61 Å². The van der Waals surface area contributed by atoms with E-state index in [9.17, 15) is 9.59 Å². The van der Waals surface area contributed by atoms with Crippen LogP contribution in [-0.4, -0.2) is 25.6 Å². The fourth-order valence-electron chi connectivity index (χ4n) is 1.72. The third kappa shape index (κ3) is 3.23. The Kier molecular flexibility index (Phi) is 4.71. The summed E-state index contributed by atoms with van der Waals surface area (Å²) in [7, 11) is 1.59. The Bertz CT molecular complexity index is 445. The van der Waals surface area contributed by atoms with Gasteiger partial charge in [-0.1, -0.05) is 0 Å². The van der Waals surface area contributed by atoms with Crippen LogP contribution in [0.3, 0.4) is 0 Å². The van der Waals surface area contributed by atoms with Crippen molar-refractivity contribution in [3.63, 3.8) is 0 Å². The fourth-order valence-corrected chi connectivity index (χ4v) is 1.72. The molecule has 0 aliphatic carbocycles. The molecule has 0 spiro atoms. The molecule has 0 atom stereocenters. The van der Waals surface area contributed by atoms with Crippen molar-refractivity contribution in [3.8, 4) is 5.75 Å². The molecule has 0 radical (unpaired) electrons. The number of anilines is 1. The second-order valence-corrected chi connectivity index (χ2v) is 3.82. The molecule has 0 bridgehead atoms. The molecule has 1 N–H and O–H groups in total. The van der Waals surface area contributed by atoms with E-state index in [1.165, 1.54) is 0 Å². The van der Waals surface area contributed by atoms with Crippen molar-refractivity contribution in [2.24, 2.45) is 0 Å². The van der Waals surface area contributed by atoms with Gasteiger partial charge in [0.15, 0.2) is 0 Å². The standard InChI is InChI=1S/C13H17NO4/c1-5-18-13(16)12(15)14-10-6-8(2)11(17-4)9(3)7-10/h6-7H,5H2,1-4H3,(H,14,15). The number of methoxy groups -OCH3 is 1. The van der Waals surface area contributed by atoms with Crippen molar-refractivity contribution in [2.75, 3.05) is 19.0 Å². The van der Waals surface area contributed by atoms with E-state index >= 15 is 0 Å². The molecule has 0 saturated heterocycles. The predicted molar refractivity (Wildman–Crippen MR) is 67.7 cm³/mol. The van der Waals surface area contributed by atoms with Gasteiger partial charge in [0.1, 0.15) is 5.75 Å². The topological polar surface area (TPSA) is 64.6 Å². The van der Waals surface area contributed by atoms with Crippen LogP contribution in [0.2, 0.25) is 0 Å². The Balaban J connectivity index is 2.86. The number of hydrogen-bond acceptors (Lipinski definition) is 4. The Morgan fingerprint density at radius 1 is 1.22 bits per heavy atom. The maximum absolute atomic E-state index is 11.5. The van der Waals surface area contributed by atoms with Crippen LogP contribution in [0.25, 0.3) is 0 Å². The minimum atomic E-state index is -0.886. The number of aryl methyl sites for hydroxylation is 2. The normalized spacial score (nSPS) is 9.78. The zero-order chi connectivity index (χ0) is 13.7. The molecule has 0 unspecified atom stereocenters. The smallest absolute Gasteiger partial charge is 0.397 e. The first-order valence-corrected chi connectivity index (χ1v) is 5.63. The highest BCUT2D eigenvalue weighted by Gasteiger charge is 2.15. The maximum atomic E-state index is 11.5. The Morgan fingerprint density at radius 2 is 1.78 bits per heavy atom. The number of amides is 1. The SMILES string of the molecule is CCOC(=O)C(=O)Nc1cc(C)c(OC)c(C)c1. The van der Waals surface area contributed by atoms with Crippen molar-refractivity contribution >= 4 is 17.6 Å². The summed E-state index contributed by atoms with van der Waals surface area (Å²) in [5.41, 5.74) is 2.32. The molecule has 1 aromatic carbocycles. The molecular formula is C13H17NO4. The van der Waals surface area contributed by atoms with Gasteiger partial charge in [0.05, 0.1) is 13.7 Å². The average Bonchev–Trinajstić information content (AvgIpc) is 2.28. The molecule has 1 aromatic rings. The average molecular weight is 251 g/mol. The van der Waals surface area contributed by atoms with Crippen LogP contribution >= 0.6 is 0 Å². The van der Waals surface area contributed by atoms with Gasteiger partial charge in [0.25, 0.3) is 0 Å². The van der Waals surface area contributed by atoms with Gasteiger partial charge in [0.2, 0.25) is 0 Å². The second-order valence-electron chi connectivity index (χ2n) is 3.82. The summed E-state index contributed by atoms with van der Waals surface area (Å²) >= 11 is 0.